The summed E-state index contributed by atoms with van der Waals surface area (Å²) in [5.74, 6) is -0.778. The highest BCUT2D eigenvalue weighted by Gasteiger charge is 2.32. The Labute approximate surface area is 179 Å². The van der Waals surface area contributed by atoms with Crippen LogP contribution in [0, 0.1) is 19.8 Å². The summed E-state index contributed by atoms with van der Waals surface area (Å²) in [4.78, 5) is 29.2. The lowest BCUT2D eigenvalue weighted by Gasteiger charge is -2.15. The molecule has 1 aromatic carbocycles. The van der Waals surface area contributed by atoms with Crippen molar-refractivity contribution < 1.29 is 19.4 Å². The molecule has 3 heterocycles. The molecule has 9 heteroatoms. The summed E-state index contributed by atoms with van der Waals surface area (Å²) in [6.07, 6.45) is 0.172. The second-order valence-electron chi connectivity index (χ2n) is 8.29. The van der Waals surface area contributed by atoms with Crippen molar-refractivity contribution in [3.8, 4) is 11.1 Å². The zero-order valence-electron chi connectivity index (χ0n) is 17.9. The highest BCUT2D eigenvalue weighted by molar-refractivity contribution is 6.09. The number of carbonyl (C=O) groups is 2. The first-order valence-electron chi connectivity index (χ1n) is 10.3. The minimum atomic E-state index is -1.05. The van der Waals surface area contributed by atoms with Crippen molar-refractivity contribution in [3.05, 3.63) is 40.8 Å². The van der Waals surface area contributed by atoms with E-state index < -0.39 is 5.97 Å². The van der Waals surface area contributed by atoms with Crippen LogP contribution in [0.15, 0.2) is 18.2 Å². The van der Waals surface area contributed by atoms with Crippen LogP contribution in [-0.2, 0) is 11.3 Å². The number of carboxylic acid groups (broad SMARTS) is 1. The van der Waals surface area contributed by atoms with Crippen molar-refractivity contribution in [1.29, 1.82) is 0 Å². The van der Waals surface area contributed by atoms with Gasteiger partial charge in [0.15, 0.2) is 0 Å². The number of aromatic carboxylic acids is 1. The number of ether oxygens (including phenoxy) is 1. The zero-order chi connectivity index (χ0) is 22.3. The minimum absolute atomic E-state index is 0.105. The number of nitrogens with zero attached hydrogens (tertiary/aromatic N) is 2. The van der Waals surface area contributed by atoms with Gasteiger partial charge in [0.25, 0.3) is 0 Å². The van der Waals surface area contributed by atoms with Crippen molar-refractivity contribution >= 4 is 23.0 Å². The maximum absolute atomic E-state index is 12.4. The number of carbonyl (C=O) groups excluding carboxylic acids is 1. The smallest absolute Gasteiger partial charge is 0.410 e. The zero-order valence-corrected chi connectivity index (χ0v) is 17.9. The number of fused-ring (bicyclic) bond motifs is 1. The van der Waals surface area contributed by atoms with Gasteiger partial charge in [-0.05, 0) is 38.3 Å². The number of nitrogens with one attached hydrogen (secondary N) is 2. The topological polar surface area (TPSA) is 137 Å². The summed E-state index contributed by atoms with van der Waals surface area (Å²) in [6.45, 7) is 7.10. The Hall–Kier alpha value is -3.33. The molecule has 0 saturated carbocycles. The fourth-order valence-electron chi connectivity index (χ4n) is 4.33. The maximum atomic E-state index is 12.4. The predicted octanol–water partition coefficient (Wildman–Crippen LogP) is 3.18. The number of nitrogens with two attached hydrogens (primary N) is 1. The Balaban J connectivity index is 1.72. The van der Waals surface area contributed by atoms with Crippen LogP contribution in [0.1, 0.15) is 40.8 Å². The number of amides is 1. The van der Waals surface area contributed by atoms with Crippen LogP contribution < -0.4 is 5.73 Å². The summed E-state index contributed by atoms with van der Waals surface area (Å²) in [7, 11) is 0. The lowest BCUT2D eigenvalue weighted by Crippen LogP contribution is -2.26. The van der Waals surface area contributed by atoms with Crippen molar-refractivity contribution in [1.82, 2.24) is 20.1 Å². The number of H-pyrrole nitrogens is 2. The molecule has 1 aliphatic heterocycles. The van der Waals surface area contributed by atoms with Crippen LogP contribution in [-0.4, -0.2) is 56.4 Å². The summed E-state index contributed by atoms with van der Waals surface area (Å²) < 4.78 is 5.50. The maximum Gasteiger partial charge on any atom is 0.410 e. The molecule has 9 nitrogen and oxygen atoms in total. The van der Waals surface area contributed by atoms with E-state index in [2.05, 4.69) is 15.2 Å². The molecule has 4 rings (SSSR count). The molecule has 31 heavy (non-hydrogen) atoms. The molecule has 5 N–H and O–H groups in total. The molecule has 1 aliphatic rings. The monoisotopic (exact) mass is 425 g/mol. The lowest BCUT2D eigenvalue weighted by molar-refractivity contribution is 0.0692. The third kappa shape index (κ3) is 3.76. The normalized spacial score (nSPS) is 17.4. The number of rotatable bonds is 7. The van der Waals surface area contributed by atoms with E-state index in [-0.39, 0.29) is 23.8 Å². The minimum Gasteiger partial charge on any atom is -0.477 e. The van der Waals surface area contributed by atoms with E-state index in [1.807, 2.05) is 39.0 Å². The van der Waals surface area contributed by atoms with Gasteiger partial charge in [0.1, 0.15) is 11.8 Å². The van der Waals surface area contributed by atoms with Gasteiger partial charge in [0.2, 0.25) is 0 Å². The van der Waals surface area contributed by atoms with Gasteiger partial charge < -0.3 is 25.5 Å². The Kier molecular flexibility index (Phi) is 5.45. The van der Waals surface area contributed by atoms with Crippen molar-refractivity contribution in [2.75, 3.05) is 13.1 Å². The second-order valence-corrected chi connectivity index (χ2v) is 8.29. The largest absolute Gasteiger partial charge is 0.477 e. The first kappa shape index (κ1) is 20.9. The van der Waals surface area contributed by atoms with Gasteiger partial charge in [-0.15, -0.1) is 0 Å². The number of aromatic nitrogens is 3. The number of aryl methyl sites for hydroxylation is 2. The van der Waals surface area contributed by atoms with Gasteiger partial charge in [0, 0.05) is 22.2 Å². The van der Waals surface area contributed by atoms with Gasteiger partial charge in [-0.1, -0.05) is 25.1 Å². The Bertz CT molecular complexity index is 1130. The third-order valence-electron chi connectivity index (χ3n) is 5.89. The number of carboxylic acids is 1. The van der Waals surface area contributed by atoms with Gasteiger partial charge >= 0.3 is 12.1 Å². The van der Waals surface area contributed by atoms with E-state index in [0.29, 0.717) is 30.7 Å². The molecule has 1 fully saturated rings. The highest BCUT2D eigenvalue weighted by Crippen LogP contribution is 2.37. The van der Waals surface area contributed by atoms with Crippen molar-refractivity contribution in [2.24, 2.45) is 11.7 Å². The fourth-order valence-corrected chi connectivity index (χ4v) is 4.33. The van der Waals surface area contributed by atoms with E-state index in [9.17, 15) is 14.7 Å². The SMILES string of the molecule is Cc1n[nH]c(C)c1-c1c(C(=O)O)[nH]c2c(CN3CC(CC(C)CN)OC3=O)cccc12. The number of cyclic esters (lactones) is 1. The van der Waals surface area contributed by atoms with E-state index in [4.69, 9.17) is 10.5 Å². The molecule has 2 aromatic heterocycles. The molecule has 2 atom stereocenters. The average Bonchev–Trinajstić information content (AvgIpc) is 3.37. The average molecular weight is 425 g/mol. The van der Waals surface area contributed by atoms with E-state index >= 15 is 0 Å². The first-order valence-corrected chi connectivity index (χ1v) is 10.3. The van der Waals surface area contributed by atoms with Crippen LogP contribution in [0.25, 0.3) is 22.0 Å². The molecular weight excluding hydrogens is 398 g/mol. The molecule has 0 radical (unpaired) electrons. The third-order valence-corrected chi connectivity index (χ3v) is 5.89. The second kappa shape index (κ2) is 8.07. The molecule has 0 spiro atoms. The first-order chi connectivity index (χ1) is 14.8. The van der Waals surface area contributed by atoms with Gasteiger partial charge in [0.05, 0.1) is 24.3 Å². The number of hydrogen-bond donors (Lipinski definition) is 4. The molecular formula is C22H27N5O4. The fraction of sp³-hybridized carbons (Fsp3) is 0.409. The van der Waals surface area contributed by atoms with Crippen molar-refractivity contribution in [2.45, 2.75) is 39.8 Å². The van der Waals surface area contributed by atoms with Crippen LogP contribution in [0.3, 0.4) is 0 Å². The van der Waals surface area contributed by atoms with E-state index in [0.717, 1.165) is 34.3 Å². The molecule has 2 unspecified atom stereocenters. The van der Waals surface area contributed by atoms with Crippen LogP contribution in [0.5, 0.6) is 0 Å². The molecule has 1 amide bonds. The molecule has 0 aliphatic carbocycles. The van der Waals surface area contributed by atoms with E-state index in [1.165, 1.54) is 0 Å². The lowest BCUT2D eigenvalue weighted by atomic mass is 9.99. The Morgan fingerprint density at radius 2 is 2.16 bits per heavy atom. The van der Waals surface area contributed by atoms with Crippen LogP contribution in [0.2, 0.25) is 0 Å². The summed E-state index contributed by atoms with van der Waals surface area (Å²) in [6, 6.07) is 5.66. The van der Waals surface area contributed by atoms with Gasteiger partial charge in [-0.3, -0.25) is 5.10 Å². The number of para-hydroxylation sites is 1. The number of benzene rings is 1. The predicted molar refractivity (Wildman–Crippen MR) is 116 cm³/mol. The van der Waals surface area contributed by atoms with Gasteiger partial charge in [-0.2, -0.15) is 5.10 Å². The van der Waals surface area contributed by atoms with Gasteiger partial charge in [-0.25, -0.2) is 9.59 Å². The Morgan fingerprint density at radius 1 is 1.39 bits per heavy atom. The molecule has 3 aromatic rings. The summed E-state index contributed by atoms with van der Waals surface area (Å²) in [5.41, 5.74) is 10.2. The summed E-state index contributed by atoms with van der Waals surface area (Å²) in [5, 5.41) is 17.8. The summed E-state index contributed by atoms with van der Waals surface area (Å²) >= 11 is 0. The van der Waals surface area contributed by atoms with Crippen LogP contribution in [0.4, 0.5) is 4.79 Å². The van der Waals surface area contributed by atoms with Crippen molar-refractivity contribution in [3.63, 3.8) is 0 Å². The molecule has 0 bridgehead atoms. The van der Waals surface area contributed by atoms with E-state index in [1.54, 1.807) is 4.90 Å². The highest BCUT2D eigenvalue weighted by atomic mass is 16.6. The number of aromatic amines is 2. The number of hydrogen-bond acceptors (Lipinski definition) is 5. The molecule has 164 valence electrons. The standard InChI is InChI=1S/C22H27N5O4/c1-11(8-23)7-15-10-27(22(30)31-15)9-14-5-4-6-16-18(17-12(2)25-26-13(17)3)20(21(28)29)24-19(14)16/h4-6,11,15,24H,7-10,23H2,1-3H3,(H,25,26)(H,28,29). The van der Waals surface area contributed by atoms with Crippen LogP contribution >= 0.6 is 0 Å². The quantitative estimate of drug-likeness (QED) is 0.459. The Morgan fingerprint density at radius 3 is 2.81 bits per heavy atom. The molecule has 1 saturated heterocycles.